The Morgan fingerprint density at radius 3 is 2.52 bits per heavy atom. The molecule has 0 saturated carbocycles. The largest absolute Gasteiger partial charge is 0.419 e. The zero-order valence-corrected chi connectivity index (χ0v) is 14.3. The zero-order chi connectivity index (χ0) is 17.5. The van der Waals surface area contributed by atoms with Crippen molar-refractivity contribution in [3.05, 3.63) is 66.2 Å². The van der Waals surface area contributed by atoms with Crippen LogP contribution in [0.5, 0.6) is 0 Å². The van der Waals surface area contributed by atoms with Gasteiger partial charge in [0.25, 0.3) is 5.89 Å². The molecule has 8 heteroatoms. The second-order valence-electron chi connectivity index (χ2n) is 5.41. The Balaban J connectivity index is 1.48. The van der Waals surface area contributed by atoms with E-state index >= 15 is 0 Å². The van der Waals surface area contributed by atoms with E-state index in [1.807, 2.05) is 36.4 Å². The van der Waals surface area contributed by atoms with Crippen molar-refractivity contribution in [2.45, 2.75) is 12.8 Å². The van der Waals surface area contributed by atoms with Gasteiger partial charge < -0.3 is 4.42 Å². The van der Waals surface area contributed by atoms with Gasteiger partial charge >= 0.3 is 0 Å². The standard InChI is InChI=1S/C17H18N4O3S/c22-25(23,13-10-14-6-2-1-3-7-14)19-12-9-16-20-21-17(24-16)15-8-4-5-11-18-15/h1-8,11,19H,9-10,12-13H2. The lowest BCUT2D eigenvalue weighted by molar-refractivity contribution is 0.500. The van der Waals surface area contributed by atoms with Crippen LogP contribution in [0.4, 0.5) is 0 Å². The first-order chi connectivity index (χ1) is 12.1. The van der Waals surface area contributed by atoms with Gasteiger partial charge in [-0.3, -0.25) is 4.98 Å². The molecule has 3 rings (SSSR count). The molecule has 130 valence electrons. The minimum atomic E-state index is -3.35. The van der Waals surface area contributed by atoms with Crippen LogP contribution in [0.2, 0.25) is 0 Å². The Bertz CT molecular complexity index is 896. The van der Waals surface area contributed by atoms with E-state index in [9.17, 15) is 8.42 Å². The predicted octanol–water partition coefficient (Wildman–Crippen LogP) is 1.84. The molecule has 0 amide bonds. The quantitative estimate of drug-likeness (QED) is 0.660. The lowest BCUT2D eigenvalue weighted by Crippen LogP contribution is -2.29. The maximum absolute atomic E-state index is 12.0. The molecule has 0 unspecified atom stereocenters. The fourth-order valence-corrected chi connectivity index (χ4v) is 3.29. The molecule has 0 radical (unpaired) electrons. The third-order valence-electron chi connectivity index (χ3n) is 3.51. The Morgan fingerprint density at radius 2 is 1.76 bits per heavy atom. The summed E-state index contributed by atoms with van der Waals surface area (Å²) in [5.41, 5.74) is 1.58. The molecule has 25 heavy (non-hydrogen) atoms. The SMILES string of the molecule is O=S(=O)(CCc1ccccc1)NCCc1nnc(-c2ccccn2)o1. The summed E-state index contributed by atoms with van der Waals surface area (Å²) in [6.45, 7) is 0.209. The van der Waals surface area contributed by atoms with E-state index < -0.39 is 10.0 Å². The number of aromatic nitrogens is 3. The minimum absolute atomic E-state index is 0.0417. The van der Waals surface area contributed by atoms with Gasteiger partial charge in [0.2, 0.25) is 15.9 Å². The van der Waals surface area contributed by atoms with E-state index in [4.69, 9.17) is 4.42 Å². The monoisotopic (exact) mass is 358 g/mol. The molecule has 1 aromatic carbocycles. The van der Waals surface area contributed by atoms with Crippen LogP contribution in [0.1, 0.15) is 11.5 Å². The first-order valence-corrected chi connectivity index (χ1v) is 9.53. The van der Waals surface area contributed by atoms with Crippen molar-refractivity contribution < 1.29 is 12.8 Å². The number of sulfonamides is 1. The van der Waals surface area contributed by atoms with Gasteiger partial charge in [-0.05, 0) is 24.1 Å². The van der Waals surface area contributed by atoms with Crippen LogP contribution in [0.25, 0.3) is 11.6 Å². The van der Waals surface area contributed by atoms with E-state index in [0.717, 1.165) is 5.56 Å². The fourth-order valence-electron chi connectivity index (χ4n) is 2.23. The summed E-state index contributed by atoms with van der Waals surface area (Å²) in [5.74, 6) is 0.731. The lowest BCUT2D eigenvalue weighted by Gasteiger charge is -2.05. The Hall–Kier alpha value is -2.58. The Kier molecular flexibility index (Phi) is 5.52. The highest BCUT2D eigenvalue weighted by atomic mass is 32.2. The summed E-state index contributed by atoms with van der Waals surface area (Å²) < 4.78 is 32.1. The van der Waals surface area contributed by atoms with Crippen LogP contribution < -0.4 is 4.72 Å². The average Bonchev–Trinajstić information content (AvgIpc) is 3.11. The number of rotatable bonds is 8. The predicted molar refractivity (Wildman–Crippen MR) is 93.2 cm³/mol. The van der Waals surface area contributed by atoms with Crippen LogP contribution >= 0.6 is 0 Å². The molecular weight excluding hydrogens is 340 g/mol. The van der Waals surface area contributed by atoms with Crippen molar-refractivity contribution in [3.8, 4) is 11.6 Å². The molecule has 1 N–H and O–H groups in total. The Morgan fingerprint density at radius 1 is 0.960 bits per heavy atom. The van der Waals surface area contributed by atoms with Crippen LogP contribution in [0.3, 0.4) is 0 Å². The van der Waals surface area contributed by atoms with Crippen LogP contribution in [-0.2, 0) is 22.9 Å². The van der Waals surface area contributed by atoms with Crippen LogP contribution in [0.15, 0.2) is 59.1 Å². The molecule has 0 saturated heterocycles. The van der Waals surface area contributed by atoms with Crippen molar-refractivity contribution >= 4 is 10.0 Å². The van der Waals surface area contributed by atoms with Gasteiger partial charge in [-0.1, -0.05) is 36.4 Å². The van der Waals surface area contributed by atoms with Gasteiger partial charge in [-0.25, -0.2) is 13.1 Å². The maximum Gasteiger partial charge on any atom is 0.266 e. The topological polar surface area (TPSA) is 98.0 Å². The normalized spacial score (nSPS) is 11.5. The molecule has 0 aliphatic carbocycles. The van der Waals surface area contributed by atoms with E-state index in [1.165, 1.54) is 0 Å². The second-order valence-corrected chi connectivity index (χ2v) is 7.34. The van der Waals surface area contributed by atoms with E-state index in [2.05, 4.69) is 19.9 Å². The van der Waals surface area contributed by atoms with Gasteiger partial charge in [-0.15, -0.1) is 10.2 Å². The number of hydrogen-bond donors (Lipinski definition) is 1. The molecule has 2 aromatic heterocycles. The molecule has 2 heterocycles. The highest BCUT2D eigenvalue weighted by Gasteiger charge is 2.12. The number of aryl methyl sites for hydroxylation is 1. The average molecular weight is 358 g/mol. The zero-order valence-electron chi connectivity index (χ0n) is 13.5. The second kappa shape index (κ2) is 8.00. The number of hydrogen-bond acceptors (Lipinski definition) is 6. The summed E-state index contributed by atoms with van der Waals surface area (Å²) >= 11 is 0. The van der Waals surface area contributed by atoms with Crippen molar-refractivity contribution in [1.29, 1.82) is 0 Å². The van der Waals surface area contributed by atoms with Crippen molar-refractivity contribution in [2.24, 2.45) is 0 Å². The van der Waals surface area contributed by atoms with Crippen LogP contribution in [0, 0.1) is 0 Å². The summed E-state index contributed by atoms with van der Waals surface area (Å²) in [4.78, 5) is 4.13. The van der Waals surface area contributed by atoms with Gasteiger partial charge in [0.1, 0.15) is 5.69 Å². The molecule has 0 atom stereocenters. The van der Waals surface area contributed by atoms with Gasteiger partial charge in [0, 0.05) is 19.2 Å². The number of nitrogens with one attached hydrogen (secondary N) is 1. The van der Waals surface area contributed by atoms with Crippen molar-refractivity contribution in [1.82, 2.24) is 19.9 Å². The fraction of sp³-hybridized carbons (Fsp3) is 0.235. The molecule has 0 bridgehead atoms. The minimum Gasteiger partial charge on any atom is -0.419 e. The Labute approximate surface area is 146 Å². The molecule has 0 aliphatic heterocycles. The summed E-state index contributed by atoms with van der Waals surface area (Å²) in [6.07, 6.45) is 2.44. The smallest absolute Gasteiger partial charge is 0.266 e. The van der Waals surface area contributed by atoms with E-state index in [-0.39, 0.29) is 12.3 Å². The molecule has 0 aliphatic rings. The highest BCUT2D eigenvalue weighted by Crippen LogP contribution is 2.14. The third kappa shape index (κ3) is 5.20. The van der Waals surface area contributed by atoms with Crippen LogP contribution in [-0.4, -0.2) is 35.9 Å². The molecular formula is C17H18N4O3S. The van der Waals surface area contributed by atoms with Gasteiger partial charge in [-0.2, -0.15) is 0 Å². The summed E-state index contributed by atoms with van der Waals surface area (Å²) in [5, 5.41) is 7.84. The molecule has 7 nitrogen and oxygen atoms in total. The first-order valence-electron chi connectivity index (χ1n) is 7.87. The first kappa shape index (κ1) is 17.2. The third-order valence-corrected chi connectivity index (χ3v) is 4.90. The van der Waals surface area contributed by atoms with Gasteiger partial charge in [0.15, 0.2) is 0 Å². The number of nitrogens with zero attached hydrogens (tertiary/aromatic N) is 3. The van der Waals surface area contributed by atoms with E-state index in [1.54, 1.807) is 18.3 Å². The molecule has 0 fully saturated rings. The number of benzene rings is 1. The molecule has 3 aromatic rings. The maximum atomic E-state index is 12.0. The van der Waals surface area contributed by atoms with E-state index in [0.29, 0.717) is 30.3 Å². The summed E-state index contributed by atoms with van der Waals surface area (Å²) in [6, 6.07) is 14.9. The van der Waals surface area contributed by atoms with Crippen molar-refractivity contribution in [3.63, 3.8) is 0 Å². The lowest BCUT2D eigenvalue weighted by atomic mass is 10.2. The molecule has 0 spiro atoms. The van der Waals surface area contributed by atoms with Crippen molar-refractivity contribution in [2.75, 3.05) is 12.3 Å². The summed E-state index contributed by atoms with van der Waals surface area (Å²) in [7, 11) is -3.35. The number of pyridine rings is 1. The highest BCUT2D eigenvalue weighted by molar-refractivity contribution is 7.89. The van der Waals surface area contributed by atoms with Gasteiger partial charge in [0.05, 0.1) is 5.75 Å².